The zero-order valence-electron chi connectivity index (χ0n) is 19.4. The van der Waals surface area contributed by atoms with Gasteiger partial charge in [-0.15, -0.1) is 0 Å². The van der Waals surface area contributed by atoms with Gasteiger partial charge in [-0.2, -0.15) is 0 Å². The number of para-hydroxylation sites is 1. The Balaban J connectivity index is 1.16. The molecule has 2 aromatic rings. The zero-order chi connectivity index (χ0) is 23.0. The van der Waals surface area contributed by atoms with Gasteiger partial charge in [0.25, 0.3) is 5.17 Å². The molecule has 2 fully saturated rings. The average molecular weight is 467 g/mol. The summed E-state index contributed by atoms with van der Waals surface area (Å²) in [5.74, 6) is 1.31. The van der Waals surface area contributed by atoms with Crippen LogP contribution in [0.15, 0.2) is 54.6 Å². The molecule has 2 heterocycles. The van der Waals surface area contributed by atoms with E-state index in [0.29, 0.717) is 11.1 Å². The lowest BCUT2D eigenvalue weighted by Crippen LogP contribution is -2.50. The van der Waals surface area contributed by atoms with E-state index in [1.807, 2.05) is 42.5 Å². The summed E-state index contributed by atoms with van der Waals surface area (Å²) in [5.41, 5.74) is 2.19. The summed E-state index contributed by atoms with van der Waals surface area (Å²) in [6.45, 7) is 6.76. The fraction of sp³-hybridized carbons (Fsp3) is 0.462. The number of thiocarbonyl (C=S) groups is 1. The Morgan fingerprint density at radius 3 is 2.30 bits per heavy atom. The second-order valence-corrected chi connectivity index (χ2v) is 9.39. The number of piperidine rings is 1. The highest BCUT2D eigenvalue weighted by atomic mass is 32.1. The normalized spacial score (nSPS) is 18.2. The maximum atomic E-state index is 12.8. The van der Waals surface area contributed by atoms with E-state index in [0.717, 1.165) is 76.5 Å². The van der Waals surface area contributed by atoms with Gasteiger partial charge in [-0.3, -0.25) is 4.79 Å². The standard InChI is InChI=1S/C26H34N4O2S/c1-28-17-19-30(20-18-28)25(31)22-12-15-29(16-13-22)14-11-21-7-9-24(10-8-21)32-26(33)27-23-5-3-2-4-6-23/h2-10,22H,11-20H2,1H3,(H,27,33). The Morgan fingerprint density at radius 1 is 0.970 bits per heavy atom. The Labute approximate surface area is 202 Å². The number of carbonyl (C=O) groups is 1. The number of nitrogens with one attached hydrogen (secondary N) is 1. The van der Waals surface area contributed by atoms with Crippen molar-refractivity contribution in [3.05, 3.63) is 60.2 Å². The molecule has 2 aliphatic heterocycles. The molecule has 0 unspecified atom stereocenters. The van der Waals surface area contributed by atoms with Gasteiger partial charge in [0.05, 0.1) is 0 Å². The summed E-state index contributed by atoms with van der Waals surface area (Å²) in [6.07, 6.45) is 2.94. The molecule has 4 rings (SSSR count). The number of rotatable bonds is 6. The average Bonchev–Trinajstić information content (AvgIpc) is 2.84. The van der Waals surface area contributed by atoms with Crippen molar-refractivity contribution in [1.29, 1.82) is 0 Å². The summed E-state index contributed by atoms with van der Waals surface area (Å²) < 4.78 is 5.73. The van der Waals surface area contributed by atoms with Gasteiger partial charge in [-0.1, -0.05) is 30.3 Å². The fourth-order valence-electron chi connectivity index (χ4n) is 4.47. The third-order valence-electron chi connectivity index (χ3n) is 6.62. The number of hydrogen-bond donors (Lipinski definition) is 1. The fourth-order valence-corrected chi connectivity index (χ4v) is 4.69. The van der Waals surface area contributed by atoms with Gasteiger partial charge in [0.1, 0.15) is 5.75 Å². The van der Waals surface area contributed by atoms with Crippen molar-refractivity contribution < 1.29 is 9.53 Å². The molecular weight excluding hydrogens is 432 g/mol. The van der Waals surface area contributed by atoms with Gasteiger partial charge in [-0.25, -0.2) is 0 Å². The highest BCUT2D eigenvalue weighted by molar-refractivity contribution is 7.80. The van der Waals surface area contributed by atoms with Gasteiger partial charge in [0.2, 0.25) is 5.91 Å². The van der Waals surface area contributed by atoms with Crippen LogP contribution >= 0.6 is 12.2 Å². The van der Waals surface area contributed by atoms with Crippen LogP contribution < -0.4 is 10.1 Å². The van der Waals surface area contributed by atoms with Gasteiger partial charge < -0.3 is 24.8 Å². The van der Waals surface area contributed by atoms with Crippen molar-refractivity contribution in [3.63, 3.8) is 0 Å². The number of benzene rings is 2. The summed E-state index contributed by atoms with van der Waals surface area (Å²) in [6, 6.07) is 17.9. The van der Waals surface area contributed by atoms with Crippen LogP contribution in [0.25, 0.3) is 0 Å². The van der Waals surface area contributed by atoms with Crippen LogP contribution in [0.1, 0.15) is 18.4 Å². The van der Waals surface area contributed by atoms with Crippen LogP contribution in [0.5, 0.6) is 5.75 Å². The largest absolute Gasteiger partial charge is 0.432 e. The predicted molar refractivity (Wildman–Crippen MR) is 137 cm³/mol. The number of amides is 1. The molecule has 1 N–H and O–H groups in total. The Kier molecular flexibility index (Phi) is 8.31. The molecule has 0 saturated carbocycles. The first-order valence-electron chi connectivity index (χ1n) is 11.9. The molecule has 2 saturated heterocycles. The number of nitrogens with zero attached hydrogens (tertiary/aromatic N) is 3. The second kappa shape index (κ2) is 11.6. The van der Waals surface area contributed by atoms with E-state index in [1.54, 1.807) is 0 Å². The summed E-state index contributed by atoms with van der Waals surface area (Å²) >= 11 is 5.29. The molecule has 0 aromatic heterocycles. The number of hydrogen-bond acceptors (Lipinski definition) is 5. The minimum Gasteiger partial charge on any atom is -0.432 e. The first-order chi connectivity index (χ1) is 16.1. The minimum atomic E-state index is 0.203. The smallest absolute Gasteiger partial charge is 0.266 e. The van der Waals surface area contributed by atoms with Crippen LogP contribution in [0.4, 0.5) is 5.69 Å². The van der Waals surface area contributed by atoms with E-state index in [2.05, 4.69) is 39.2 Å². The number of ether oxygens (including phenoxy) is 1. The summed E-state index contributed by atoms with van der Waals surface area (Å²) in [4.78, 5) is 19.7. The summed E-state index contributed by atoms with van der Waals surface area (Å²) in [5, 5.41) is 3.42. The monoisotopic (exact) mass is 466 g/mol. The highest BCUT2D eigenvalue weighted by Crippen LogP contribution is 2.21. The van der Waals surface area contributed by atoms with Gasteiger partial charge >= 0.3 is 0 Å². The number of anilines is 1. The number of likely N-dealkylation sites (N-methyl/N-ethyl adjacent to an activating group) is 1. The molecule has 0 atom stereocenters. The van der Waals surface area contributed by atoms with E-state index in [1.165, 1.54) is 5.56 Å². The van der Waals surface area contributed by atoms with Gasteiger partial charge in [0.15, 0.2) is 0 Å². The number of likely N-dealkylation sites (tertiary alicyclic amines) is 1. The van der Waals surface area contributed by atoms with Crippen LogP contribution in [0.3, 0.4) is 0 Å². The Hall–Kier alpha value is -2.48. The lowest BCUT2D eigenvalue weighted by Gasteiger charge is -2.37. The third-order valence-corrected chi connectivity index (χ3v) is 6.81. The van der Waals surface area contributed by atoms with Crippen LogP contribution in [0.2, 0.25) is 0 Å². The second-order valence-electron chi connectivity index (χ2n) is 9.02. The molecule has 7 heteroatoms. The first kappa shape index (κ1) is 23.7. The van der Waals surface area contributed by atoms with Crippen LogP contribution in [-0.4, -0.2) is 78.6 Å². The first-order valence-corrected chi connectivity index (χ1v) is 12.3. The maximum absolute atomic E-state index is 12.8. The van der Waals surface area contributed by atoms with Crippen LogP contribution in [0, 0.1) is 5.92 Å². The van der Waals surface area contributed by atoms with Crippen molar-refractivity contribution in [3.8, 4) is 5.75 Å². The molecule has 6 nitrogen and oxygen atoms in total. The minimum absolute atomic E-state index is 0.203. The SMILES string of the molecule is CN1CCN(C(=O)C2CCN(CCc3ccc(OC(=S)Nc4ccccc4)cc3)CC2)CC1. The number of piperazine rings is 1. The molecule has 176 valence electrons. The topological polar surface area (TPSA) is 48.0 Å². The molecule has 2 aromatic carbocycles. The predicted octanol–water partition coefficient (Wildman–Crippen LogP) is 3.49. The molecule has 2 aliphatic rings. The van der Waals surface area contributed by atoms with Crippen molar-refractivity contribution >= 4 is 29.0 Å². The van der Waals surface area contributed by atoms with E-state index in [9.17, 15) is 4.79 Å². The van der Waals surface area contributed by atoms with Gasteiger partial charge in [0, 0.05) is 44.3 Å². The molecular formula is C26H34N4O2S. The lowest BCUT2D eigenvalue weighted by atomic mass is 9.94. The Bertz CT molecular complexity index is 906. The molecule has 33 heavy (non-hydrogen) atoms. The van der Waals surface area contributed by atoms with Crippen molar-refractivity contribution in [2.45, 2.75) is 19.3 Å². The molecule has 0 spiro atoms. The maximum Gasteiger partial charge on any atom is 0.266 e. The molecule has 1 amide bonds. The zero-order valence-corrected chi connectivity index (χ0v) is 20.2. The molecule has 0 bridgehead atoms. The Morgan fingerprint density at radius 2 is 1.64 bits per heavy atom. The van der Waals surface area contributed by atoms with Crippen molar-refractivity contribution in [1.82, 2.24) is 14.7 Å². The van der Waals surface area contributed by atoms with Gasteiger partial charge in [-0.05, 0) is 81.4 Å². The van der Waals surface area contributed by atoms with E-state index >= 15 is 0 Å². The van der Waals surface area contributed by atoms with E-state index in [-0.39, 0.29) is 5.92 Å². The van der Waals surface area contributed by atoms with Crippen molar-refractivity contribution in [2.24, 2.45) is 5.92 Å². The molecule has 0 radical (unpaired) electrons. The lowest BCUT2D eigenvalue weighted by molar-refractivity contribution is -0.138. The van der Waals surface area contributed by atoms with E-state index < -0.39 is 0 Å². The summed E-state index contributed by atoms with van der Waals surface area (Å²) in [7, 11) is 2.12. The number of carbonyl (C=O) groups excluding carboxylic acids is 1. The molecule has 0 aliphatic carbocycles. The third kappa shape index (κ3) is 7.00. The van der Waals surface area contributed by atoms with E-state index in [4.69, 9.17) is 17.0 Å². The quantitative estimate of drug-likeness (QED) is 0.658. The van der Waals surface area contributed by atoms with Crippen molar-refractivity contribution in [2.75, 3.05) is 58.2 Å². The highest BCUT2D eigenvalue weighted by Gasteiger charge is 2.29. The van der Waals surface area contributed by atoms with Crippen LogP contribution in [-0.2, 0) is 11.2 Å².